The second-order valence-corrected chi connectivity index (χ2v) is 29.9. The zero-order valence-electron chi connectivity index (χ0n) is 53.3. The Labute approximate surface area is 533 Å². The lowest BCUT2D eigenvalue weighted by atomic mass is 9.78. The SMILES string of the molecule is C=C(/C=C\c1cc2nc3ccc(N(CC)CC)cc3oc-2cc1=O)OS(=O)(=O)Oc1ccc(C(C)(C)c2ccc(OC)cc2)cc1.CCN(CC)c1ccc2nc3c4cc(O[Si](C)(C)C(C)(C)C)ccc4c(=O)cc-3oc2c1.COCOS(=O)(=O)OC.O=S(=O)=O. The summed E-state index contributed by atoms with van der Waals surface area (Å²) >= 11 is 0. The standard InChI is InChI=1S/C36H36N2O7S.C26H32N2O3Si.C3H8O5S.O3S/c1-7-38(8-2)28-15-20-31-34(22-28)43-35-23-33(39)25(21-32(35)37-31)10-9-24(3)44-46(40,41)45-30-18-13-27(14-19-30)36(4,5)26-11-16-29(42-6)17-12-26;1-8-28(9-2)17-10-13-21-23(14-17)30-24-16-22(29)19-12-11-18(15-20(19)25(24)27-21)31-32(6,7)26(3,4)5;1-6-3-8-9(4,5)7-2;1-4(2)3/h9-23H,3,7-8H2,1-2,4-6H3;10-16H,8-9H2,1-7H3;3H2,1-2H3;/b10-9-;;;. The van der Waals surface area contributed by atoms with Crippen LogP contribution in [0, 0.1) is 0 Å². The summed E-state index contributed by atoms with van der Waals surface area (Å²) < 4.78 is 117. The molecule has 26 heteroatoms. The molecule has 2 aliphatic carbocycles. The molecule has 0 radical (unpaired) electrons. The number of fused-ring (bicyclic) bond motifs is 6. The number of hydrogen-bond donors (Lipinski definition) is 0. The smallest absolute Gasteiger partial charge is 0.500 e. The van der Waals surface area contributed by atoms with Gasteiger partial charge < -0.3 is 40.9 Å². The lowest BCUT2D eigenvalue weighted by molar-refractivity contribution is 0.0445. The minimum absolute atomic E-state index is 0.0730. The highest BCUT2D eigenvalue weighted by Crippen LogP contribution is 2.40. The summed E-state index contributed by atoms with van der Waals surface area (Å²) in [7, 11) is -9.50. The fraction of sp³-hybridized carbons (Fsp3) is 0.323. The first-order valence-corrected chi connectivity index (χ1v) is 35.2. The van der Waals surface area contributed by atoms with E-state index in [2.05, 4.69) is 116 Å². The van der Waals surface area contributed by atoms with E-state index < -0.39 is 39.7 Å². The van der Waals surface area contributed by atoms with Crippen LogP contribution in [0.2, 0.25) is 18.1 Å². The zero-order chi connectivity index (χ0) is 67.2. The Morgan fingerprint density at radius 1 is 0.626 bits per heavy atom. The Morgan fingerprint density at radius 3 is 1.64 bits per heavy atom. The van der Waals surface area contributed by atoms with Gasteiger partial charge in [-0.05, 0) is 142 Å². The van der Waals surface area contributed by atoms with Crippen LogP contribution in [0.15, 0.2) is 158 Å². The first-order chi connectivity index (χ1) is 42.8. The second-order valence-electron chi connectivity index (χ2n) is 22.3. The molecule has 0 amide bonds. The summed E-state index contributed by atoms with van der Waals surface area (Å²) in [5.41, 5.74) is 7.43. The number of allylic oxidation sites excluding steroid dienone is 1. The Balaban J connectivity index is 0.000000252. The minimum atomic E-state index is -4.50. The summed E-state index contributed by atoms with van der Waals surface area (Å²) in [6, 6.07) is 36.5. The minimum Gasteiger partial charge on any atom is -0.543 e. The number of methoxy groups -OCH3 is 2. The van der Waals surface area contributed by atoms with Gasteiger partial charge in [-0.2, -0.15) is 8.42 Å². The van der Waals surface area contributed by atoms with E-state index in [1.165, 1.54) is 25.3 Å². The highest BCUT2D eigenvalue weighted by atomic mass is 32.3. The van der Waals surface area contributed by atoms with Gasteiger partial charge in [0.25, 0.3) is 0 Å². The van der Waals surface area contributed by atoms with E-state index in [1.807, 2.05) is 72.8 Å². The Hall–Kier alpha value is -8.50. The van der Waals surface area contributed by atoms with Crippen LogP contribution in [0.1, 0.15) is 79.0 Å². The number of rotatable bonds is 21. The molecular weight excluding hydrogens is 1250 g/mol. The molecule has 0 bridgehead atoms. The first kappa shape index (κ1) is 71.6. The normalized spacial score (nSPS) is 11.9. The van der Waals surface area contributed by atoms with E-state index in [1.54, 1.807) is 43.5 Å². The van der Waals surface area contributed by atoms with Gasteiger partial charge in [0.1, 0.15) is 45.4 Å². The summed E-state index contributed by atoms with van der Waals surface area (Å²) in [5.74, 6) is 2.22. The molecule has 22 nitrogen and oxygen atoms in total. The molecule has 5 aromatic carbocycles. The van der Waals surface area contributed by atoms with Crippen molar-refractivity contribution in [2.24, 2.45) is 0 Å². The van der Waals surface area contributed by atoms with Crippen molar-refractivity contribution < 1.29 is 68.9 Å². The second kappa shape index (κ2) is 30.5. The molecule has 0 fully saturated rings. The third-order valence-electron chi connectivity index (χ3n) is 15.1. The molecule has 2 heterocycles. The summed E-state index contributed by atoms with van der Waals surface area (Å²) in [4.78, 5) is 39.6. The predicted molar refractivity (Wildman–Crippen MR) is 355 cm³/mol. The van der Waals surface area contributed by atoms with E-state index >= 15 is 0 Å². The van der Waals surface area contributed by atoms with E-state index in [4.69, 9.17) is 44.0 Å². The molecular formula is C65H76N4O18S3Si. The van der Waals surface area contributed by atoms with Gasteiger partial charge in [-0.1, -0.05) is 65.5 Å². The van der Waals surface area contributed by atoms with Crippen LogP contribution in [0.4, 0.5) is 11.4 Å². The maximum absolute atomic E-state index is 12.8. The molecule has 0 N–H and O–H groups in total. The van der Waals surface area contributed by atoms with Crippen molar-refractivity contribution >= 4 is 90.1 Å². The van der Waals surface area contributed by atoms with Gasteiger partial charge in [0.15, 0.2) is 40.3 Å². The lowest BCUT2D eigenvalue weighted by Crippen LogP contribution is -2.43. The van der Waals surface area contributed by atoms with Crippen molar-refractivity contribution in [3.8, 4) is 40.2 Å². The fourth-order valence-corrected chi connectivity index (χ4v) is 11.1. The van der Waals surface area contributed by atoms with Gasteiger partial charge in [-0.3, -0.25) is 13.8 Å². The number of ether oxygens (including phenoxy) is 2. The molecule has 4 aliphatic rings. The van der Waals surface area contributed by atoms with Crippen molar-refractivity contribution in [3.05, 3.63) is 177 Å². The molecule has 9 rings (SSSR count). The van der Waals surface area contributed by atoms with Gasteiger partial charge in [-0.15, -0.1) is 21.0 Å². The van der Waals surface area contributed by atoms with Crippen molar-refractivity contribution in [2.45, 2.75) is 85.9 Å². The summed E-state index contributed by atoms with van der Waals surface area (Å²) in [6.45, 7) is 30.5. The van der Waals surface area contributed by atoms with Crippen molar-refractivity contribution in [3.63, 3.8) is 0 Å². The Bertz CT molecular complexity index is 4440. The van der Waals surface area contributed by atoms with Crippen molar-refractivity contribution in [1.82, 2.24) is 9.97 Å². The van der Waals surface area contributed by atoms with Crippen molar-refractivity contribution in [2.75, 3.05) is 64.1 Å². The van der Waals surface area contributed by atoms with Crippen LogP contribution in [-0.4, -0.2) is 102 Å². The summed E-state index contributed by atoms with van der Waals surface area (Å²) in [5, 5.41) is 1.47. The molecule has 0 saturated heterocycles. The highest BCUT2D eigenvalue weighted by Gasteiger charge is 2.39. The first-order valence-electron chi connectivity index (χ1n) is 28.7. The monoisotopic (exact) mass is 1320 g/mol. The summed E-state index contributed by atoms with van der Waals surface area (Å²) in [6.07, 6.45) is 2.68. The lowest BCUT2D eigenvalue weighted by Gasteiger charge is -2.36. The van der Waals surface area contributed by atoms with Gasteiger partial charge in [0.05, 0.1) is 14.2 Å². The number of aromatic nitrogens is 2. The van der Waals surface area contributed by atoms with E-state index in [-0.39, 0.29) is 45.2 Å². The average Bonchev–Trinajstić information content (AvgIpc) is 0.789. The van der Waals surface area contributed by atoms with Crippen LogP contribution in [-0.2, 0) is 54.1 Å². The number of nitrogens with zero attached hydrogens (tertiary/aromatic N) is 4. The molecule has 2 aliphatic heterocycles. The van der Waals surface area contributed by atoms with Gasteiger partial charge in [0, 0.05) is 90.7 Å². The van der Waals surface area contributed by atoms with E-state index in [9.17, 15) is 26.4 Å². The molecule has 91 heavy (non-hydrogen) atoms. The maximum atomic E-state index is 12.8. The van der Waals surface area contributed by atoms with Crippen LogP contribution >= 0.6 is 0 Å². The molecule has 0 aromatic heterocycles. The van der Waals surface area contributed by atoms with E-state index in [0.717, 1.165) is 78.2 Å². The highest BCUT2D eigenvalue weighted by molar-refractivity contribution is 7.82. The van der Waals surface area contributed by atoms with Crippen LogP contribution in [0.25, 0.3) is 62.0 Å². The maximum Gasteiger partial charge on any atom is 0.500 e. The van der Waals surface area contributed by atoms with Gasteiger partial charge in [0.2, 0.25) is 8.32 Å². The molecule has 486 valence electrons. The number of benzene rings is 7. The molecule has 0 saturated carbocycles. The quantitative estimate of drug-likeness (QED) is 0.0161. The fourth-order valence-electron chi connectivity index (χ4n) is 9.05. The van der Waals surface area contributed by atoms with Gasteiger partial charge >= 0.3 is 31.4 Å². The largest absolute Gasteiger partial charge is 0.543 e. The number of hydrogen-bond acceptors (Lipinski definition) is 22. The Morgan fingerprint density at radius 2 is 1.13 bits per heavy atom. The number of anilines is 2. The average molecular weight is 1330 g/mol. The Kier molecular flexibility index (Phi) is 24.0. The van der Waals surface area contributed by atoms with Crippen molar-refractivity contribution in [1.29, 1.82) is 0 Å². The molecule has 0 spiro atoms. The van der Waals surface area contributed by atoms with Crippen LogP contribution < -0.4 is 34.0 Å². The molecule has 5 aromatic rings. The third-order valence-corrected chi connectivity index (χ3v) is 21.1. The molecule has 0 atom stereocenters. The van der Waals surface area contributed by atoms with E-state index in [0.29, 0.717) is 45.0 Å². The zero-order valence-corrected chi connectivity index (χ0v) is 56.8. The topological polar surface area (TPSA) is 277 Å². The van der Waals surface area contributed by atoms with Crippen LogP contribution in [0.5, 0.6) is 17.2 Å². The van der Waals surface area contributed by atoms with Crippen LogP contribution in [0.3, 0.4) is 0 Å². The third kappa shape index (κ3) is 18.8. The predicted octanol–water partition coefficient (Wildman–Crippen LogP) is 12.5. The molecule has 0 unspecified atom stereocenters. The van der Waals surface area contributed by atoms with Gasteiger partial charge in [-0.25, -0.2) is 14.2 Å².